The molecule has 0 unspecified atom stereocenters. The fourth-order valence-corrected chi connectivity index (χ4v) is 2.49. The van der Waals surface area contributed by atoms with Gasteiger partial charge in [-0.3, -0.25) is 4.79 Å². The van der Waals surface area contributed by atoms with Crippen molar-refractivity contribution in [2.75, 3.05) is 5.32 Å². The van der Waals surface area contributed by atoms with Crippen molar-refractivity contribution in [2.45, 2.75) is 19.8 Å². The molecule has 0 radical (unpaired) electrons. The van der Waals surface area contributed by atoms with Gasteiger partial charge in [0.2, 0.25) is 5.91 Å². The third kappa shape index (κ3) is 2.35. The predicted octanol–water partition coefficient (Wildman–Crippen LogP) is 2.76. The van der Waals surface area contributed by atoms with E-state index in [4.69, 9.17) is 18.0 Å². The topological polar surface area (TPSA) is 55.1 Å². The summed E-state index contributed by atoms with van der Waals surface area (Å²) in [7, 11) is 0. The van der Waals surface area contributed by atoms with Crippen molar-refractivity contribution < 1.29 is 4.79 Å². The molecule has 0 atom stereocenters. The van der Waals surface area contributed by atoms with Gasteiger partial charge >= 0.3 is 0 Å². The normalized spacial score (nSPS) is 16.4. The van der Waals surface area contributed by atoms with Gasteiger partial charge in [-0.15, -0.1) is 0 Å². The van der Waals surface area contributed by atoms with Crippen molar-refractivity contribution in [1.29, 1.82) is 0 Å². The lowest BCUT2D eigenvalue weighted by molar-refractivity contribution is -0.118. The molecular weight excluding hydrogens is 300 g/mol. The minimum Gasteiger partial charge on any atom is -0.392 e. The Labute approximate surface area is 114 Å². The van der Waals surface area contributed by atoms with Crippen LogP contribution in [0.1, 0.15) is 18.4 Å². The van der Waals surface area contributed by atoms with Crippen LogP contribution >= 0.6 is 28.1 Å². The molecular formula is C12H13BrN2OS. The zero-order valence-electron chi connectivity index (χ0n) is 9.42. The summed E-state index contributed by atoms with van der Waals surface area (Å²) in [5.41, 5.74) is 6.82. The number of carbonyl (C=O) groups excluding carboxylic acids is 1. The van der Waals surface area contributed by atoms with Crippen molar-refractivity contribution in [3.05, 3.63) is 28.2 Å². The van der Waals surface area contributed by atoms with Crippen LogP contribution < -0.4 is 11.1 Å². The van der Waals surface area contributed by atoms with E-state index in [1.807, 2.05) is 25.1 Å². The van der Waals surface area contributed by atoms with Gasteiger partial charge in [-0.2, -0.15) is 0 Å². The van der Waals surface area contributed by atoms with Crippen LogP contribution in [0.5, 0.6) is 0 Å². The molecule has 3 nitrogen and oxygen atoms in total. The quantitative estimate of drug-likeness (QED) is 0.844. The van der Waals surface area contributed by atoms with Gasteiger partial charge in [0.05, 0.1) is 10.4 Å². The van der Waals surface area contributed by atoms with Crippen LogP contribution in [0.3, 0.4) is 0 Å². The van der Waals surface area contributed by atoms with E-state index in [1.54, 1.807) is 0 Å². The van der Waals surface area contributed by atoms with Gasteiger partial charge in [0.15, 0.2) is 0 Å². The molecule has 0 heterocycles. The number of amides is 1. The maximum absolute atomic E-state index is 12.1. The monoisotopic (exact) mass is 312 g/mol. The molecule has 0 aliphatic heterocycles. The maximum Gasteiger partial charge on any atom is 0.237 e. The Morgan fingerprint density at radius 3 is 2.65 bits per heavy atom. The highest BCUT2D eigenvalue weighted by molar-refractivity contribution is 9.10. The van der Waals surface area contributed by atoms with Crippen LogP contribution in [0.2, 0.25) is 0 Å². The molecule has 17 heavy (non-hydrogen) atoms. The summed E-state index contributed by atoms with van der Waals surface area (Å²) < 4.78 is 0.989. The van der Waals surface area contributed by atoms with Gasteiger partial charge in [-0.25, -0.2) is 0 Å². The smallest absolute Gasteiger partial charge is 0.237 e. The molecule has 2 rings (SSSR count). The first kappa shape index (κ1) is 12.5. The molecule has 0 spiro atoms. The molecule has 0 bridgehead atoms. The third-order valence-electron chi connectivity index (χ3n) is 3.09. The number of halogens is 1. The van der Waals surface area contributed by atoms with Gasteiger partial charge in [0.1, 0.15) is 0 Å². The lowest BCUT2D eigenvalue weighted by Gasteiger charge is -2.15. The van der Waals surface area contributed by atoms with E-state index in [0.717, 1.165) is 28.6 Å². The van der Waals surface area contributed by atoms with Gasteiger partial charge < -0.3 is 11.1 Å². The largest absolute Gasteiger partial charge is 0.392 e. The van der Waals surface area contributed by atoms with E-state index in [1.165, 1.54) is 0 Å². The second-order valence-electron chi connectivity index (χ2n) is 4.36. The van der Waals surface area contributed by atoms with Crippen LogP contribution in [0.15, 0.2) is 22.7 Å². The minimum absolute atomic E-state index is 0.0876. The van der Waals surface area contributed by atoms with E-state index < -0.39 is 5.41 Å². The molecule has 1 fully saturated rings. The van der Waals surface area contributed by atoms with Crippen LogP contribution in [0, 0.1) is 12.3 Å². The number of nitrogens with one attached hydrogen (secondary N) is 1. The molecule has 3 N–H and O–H groups in total. The van der Waals surface area contributed by atoms with Crippen molar-refractivity contribution in [2.24, 2.45) is 11.1 Å². The average Bonchev–Trinajstić information content (AvgIpc) is 3.02. The first-order valence-electron chi connectivity index (χ1n) is 5.33. The van der Waals surface area contributed by atoms with Crippen molar-refractivity contribution >= 4 is 44.7 Å². The minimum atomic E-state index is -0.602. The number of anilines is 1. The summed E-state index contributed by atoms with van der Waals surface area (Å²) >= 11 is 8.33. The Balaban J connectivity index is 2.17. The zero-order valence-corrected chi connectivity index (χ0v) is 11.8. The predicted molar refractivity (Wildman–Crippen MR) is 76.0 cm³/mol. The Bertz CT molecular complexity index is 497. The van der Waals surface area contributed by atoms with Gasteiger partial charge in [0.25, 0.3) is 0 Å². The number of hydrogen-bond donors (Lipinski definition) is 2. The summed E-state index contributed by atoms with van der Waals surface area (Å²) in [6, 6.07) is 5.71. The Hall–Kier alpha value is -0.940. The molecule has 5 heteroatoms. The molecule has 1 aliphatic carbocycles. The van der Waals surface area contributed by atoms with Crippen molar-refractivity contribution in [1.82, 2.24) is 0 Å². The number of rotatable bonds is 3. The first-order chi connectivity index (χ1) is 7.95. The molecule has 0 saturated heterocycles. The van der Waals surface area contributed by atoms with E-state index >= 15 is 0 Å². The molecule has 1 aromatic rings. The van der Waals surface area contributed by atoms with Gasteiger partial charge in [-0.1, -0.05) is 28.1 Å². The molecule has 1 aliphatic rings. The molecule has 1 saturated carbocycles. The van der Waals surface area contributed by atoms with Crippen LogP contribution in [0.4, 0.5) is 5.69 Å². The van der Waals surface area contributed by atoms with E-state index in [2.05, 4.69) is 21.2 Å². The average molecular weight is 313 g/mol. The molecule has 1 aromatic carbocycles. The van der Waals surface area contributed by atoms with E-state index in [-0.39, 0.29) is 5.91 Å². The highest BCUT2D eigenvalue weighted by Crippen LogP contribution is 2.47. The summed E-state index contributed by atoms with van der Waals surface area (Å²) in [6.07, 6.45) is 1.51. The SMILES string of the molecule is Cc1cc(Br)ccc1NC(=O)C1(C(N)=S)CC1. The van der Waals surface area contributed by atoms with E-state index in [9.17, 15) is 4.79 Å². The maximum atomic E-state index is 12.1. The van der Waals surface area contributed by atoms with Gasteiger partial charge in [-0.05, 0) is 43.5 Å². The summed E-state index contributed by atoms with van der Waals surface area (Å²) in [5, 5.41) is 2.89. The first-order valence-corrected chi connectivity index (χ1v) is 6.53. The Kier molecular flexibility index (Phi) is 3.23. The lowest BCUT2D eigenvalue weighted by Crippen LogP contribution is -2.35. The highest BCUT2D eigenvalue weighted by Gasteiger charge is 2.52. The van der Waals surface area contributed by atoms with Gasteiger partial charge in [0, 0.05) is 10.2 Å². The highest BCUT2D eigenvalue weighted by atomic mass is 79.9. The fourth-order valence-electron chi connectivity index (χ4n) is 1.72. The second kappa shape index (κ2) is 4.38. The van der Waals surface area contributed by atoms with E-state index in [0.29, 0.717) is 4.99 Å². The molecule has 0 aromatic heterocycles. The zero-order chi connectivity index (χ0) is 12.6. The van der Waals surface area contributed by atoms with Crippen LogP contribution in [-0.2, 0) is 4.79 Å². The number of aryl methyl sites for hydroxylation is 1. The van der Waals surface area contributed by atoms with Crippen LogP contribution in [-0.4, -0.2) is 10.9 Å². The third-order valence-corrected chi connectivity index (χ3v) is 3.98. The molecule has 1 amide bonds. The summed E-state index contributed by atoms with van der Waals surface area (Å²) in [4.78, 5) is 12.4. The second-order valence-corrected chi connectivity index (χ2v) is 5.72. The van der Waals surface area contributed by atoms with Crippen molar-refractivity contribution in [3.8, 4) is 0 Å². The standard InChI is InChI=1S/C12H13BrN2OS/c1-7-6-8(13)2-3-9(7)15-11(16)12(4-5-12)10(14)17/h2-3,6H,4-5H2,1H3,(H2,14,17)(H,15,16). The number of thiocarbonyl (C=S) groups is 1. The number of nitrogens with two attached hydrogens (primary N) is 1. The molecule has 90 valence electrons. The fraction of sp³-hybridized carbons (Fsp3) is 0.333. The summed E-state index contributed by atoms with van der Waals surface area (Å²) in [6.45, 7) is 1.95. The Morgan fingerprint density at radius 1 is 1.53 bits per heavy atom. The Morgan fingerprint density at radius 2 is 2.18 bits per heavy atom. The van der Waals surface area contributed by atoms with Crippen molar-refractivity contribution in [3.63, 3.8) is 0 Å². The summed E-state index contributed by atoms with van der Waals surface area (Å²) in [5.74, 6) is -0.0876. The van der Waals surface area contributed by atoms with Crippen LogP contribution in [0.25, 0.3) is 0 Å². The lowest BCUT2D eigenvalue weighted by atomic mass is 10.1. The number of carbonyl (C=O) groups is 1. The number of benzene rings is 1. The number of hydrogen-bond acceptors (Lipinski definition) is 2.